The third kappa shape index (κ3) is 2.95. The van der Waals surface area contributed by atoms with Gasteiger partial charge in [0, 0.05) is 19.0 Å². The fourth-order valence-electron chi connectivity index (χ4n) is 3.40. The van der Waals surface area contributed by atoms with E-state index in [1.807, 2.05) is 0 Å². The van der Waals surface area contributed by atoms with Crippen LogP contribution < -0.4 is 11.3 Å². The Morgan fingerprint density at radius 1 is 1.04 bits per heavy atom. The molecule has 2 N–H and O–H groups in total. The molecule has 4 heteroatoms. The maximum absolute atomic E-state index is 11.9. The molecule has 1 aliphatic carbocycles. The van der Waals surface area contributed by atoms with E-state index in [0.29, 0.717) is 11.8 Å². The molecule has 1 aromatic heterocycles. The first-order chi connectivity index (χ1) is 12.0. The maximum Gasteiger partial charge on any atom is 0.254 e. The largest absolute Gasteiger partial charge is 0.369 e. The summed E-state index contributed by atoms with van der Waals surface area (Å²) in [5.74, 6) is 0.995. The summed E-state index contributed by atoms with van der Waals surface area (Å²) in [7, 11) is 1.64. The summed E-state index contributed by atoms with van der Waals surface area (Å²) in [5, 5.41) is 0. The van der Waals surface area contributed by atoms with Crippen molar-refractivity contribution in [2.75, 3.05) is 5.73 Å². The van der Waals surface area contributed by atoms with Crippen LogP contribution in [0.3, 0.4) is 0 Å². The molecule has 0 radical (unpaired) electrons. The second-order valence-corrected chi connectivity index (χ2v) is 6.88. The molecule has 0 amide bonds. The van der Waals surface area contributed by atoms with Gasteiger partial charge in [0.15, 0.2) is 0 Å². The fraction of sp³-hybridized carbons (Fsp3) is 0.238. The van der Waals surface area contributed by atoms with Gasteiger partial charge in [-0.25, -0.2) is 4.98 Å². The van der Waals surface area contributed by atoms with Crippen molar-refractivity contribution in [2.45, 2.75) is 25.2 Å². The van der Waals surface area contributed by atoms with Crippen LogP contribution in [0.15, 0.2) is 59.4 Å². The first-order valence-corrected chi connectivity index (χ1v) is 8.53. The average Bonchev–Trinajstić information content (AvgIpc) is 3.40. The second kappa shape index (κ2) is 5.88. The minimum atomic E-state index is -0.0945. The molecule has 1 saturated carbocycles. The highest BCUT2D eigenvalue weighted by molar-refractivity contribution is 5.64. The van der Waals surface area contributed by atoms with E-state index in [-0.39, 0.29) is 11.5 Å². The Hall–Kier alpha value is -2.88. The summed E-state index contributed by atoms with van der Waals surface area (Å²) in [6.45, 7) is 2.11. The Balaban J connectivity index is 1.56. The van der Waals surface area contributed by atoms with Gasteiger partial charge in [-0.2, -0.15) is 0 Å². The first-order valence-electron chi connectivity index (χ1n) is 8.53. The van der Waals surface area contributed by atoms with Gasteiger partial charge in [-0.15, -0.1) is 0 Å². The molecule has 126 valence electrons. The van der Waals surface area contributed by atoms with E-state index in [1.54, 1.807) is 13.1 Å². The minimum Gasteiger partial charge on any atom is -0.369 e. The number of benzene rings is 2. The van der Waals surface area contributed by atoms with Crippen molar-refractivity contribution in [2.24, 2.45) is 7.05 Å². The van der Waals surface area contributed by atoms with Crippen LogP contribution in [-0.4, -0.2) is 9.55 Å². The van der Waals surface area contributed by atoms with E-state index in [4.69, 9.17) is 5.73 Å². The van der Waals surface area contributed by atoms with Crippen molar-refractivity contribution in [3.05, 3.63) is 81.8 Å². The Morgan fingerprint density at radius 3 is 2.48 bits per heavy atom. The summed E-state index contributed by atoms with van der Waals surface area (Å²) in [5.41, 5.74) is 11.6. The van der Waals surface area contributed by atoms with Gasteiger partial charge in [0.2, 0.25) is 5.95 Å². The zero-order valence-electron chi connectivity index (χ0n) is 14.4. The number of nitrogen functional groups attached to an aromatic ring is 1. The lowest BCUT2D eigenvalue weighted by Crippen LogP contribution is -2.21. The number of aromatic nitrogens is 2. The third-order valence-electron chi connectivity index (χ3n) is 5.05. The van der Waals surface area contributed by atoms with Crippen molar-refractivity contribution in [1.82, 2.24) is 9.55 Å². The number of hydrogen-bond donors (Lipinski definition) is 1. The van der Waals surface area contributed by atoms with Gasteiger partial charge >= 0.3 is 0 Å². The highest BCUT2D eigenvalue weighted by atomic mass is 16.1. The number of anilines is 1. The summed E-state index contributed by atoms with van der Waals surface area (Å²) in [4.78, 5) is 16.3. The van der Waals surface area contributed by atoms with Gasteiger partial charge in [-0.1, -0.05) is 54.1 Å². The molecular formula is C21H21N3O. The molecule has 4 rings (SSSR count). The third-order valence-corrected chi connectivity index (χ3v) is 5.05. The van der Waals surface area contributed by atoms with Gasteiger partial charge in [-0.05, 0) is 36.0 Å². The van der Waals surface area contributed by atoms with E-state index < -0.39 is 0 Å². The quantitative estimate of drug-likeness (QED) is 0.797. The van der Waals surface area contributed by atoms with Crippen LogP contribution >= 0.6 is 0 Å². The van der Waals surface area contributed by atoms with E-state index in [9.17, 15) is 4.79 Å². The molecule has 2 atom stereocenters. The minimum absolute atomic E-state index is 0.0945. The monoisotopic (exact) mass is 331 g/mol. The highest BCUT2D eigenvalue weighted by Gasteiger charge is 2.41. The molecule has 1 heterocycles. The number of rotatable bonds is 3. The summed E-state index contributed by atoms with van der Waals surface area (Å²) < 4.78 is 1.37. The van der Waals surface area contributed by atoms with Crippen LogP contribution in [0.4, 0.5) is 5.95 Å². The van der Waals surface area contributed by atoms with Gasteiger partial charge in [0.05, 0.1) is 5.69 Å². The smallest absolute Gasteiger partial charge is 0.254 e. The average molecular weight is 331 g/mol. The maximum atomic E-state index is 11.9. The second-order valence-electron chi connectivity index (χ2n) is 6.88. The highest BCUT2D eigenvalue weighted by Crippen LogP contribution is 2.54. The van der Waals surface area contributed by atoms with Crippen LogP contribution in [0.1, 0.15) is 35.1 Å². The molecule has 4 nitrogen and oxygen atoms in total. The van der Waals surface area contributed by atoms with Crippen LogP contribution in [0, 0.1) is 6.92 Å². The molecule has 2 aromatic carbocycles. The molecule has 3 aromatic rings. The zero-order valence-corrected chi connectivity index (χ0v) is 14.4. The first kappa shape index (κ1) is 15.6. The van der Waals surface area contributed by atoms with E-state index >= 15 is 0 Å². The van der Waals surface area contributed by atoms with Gasteiger partial charge in [0.25, 0.3) is 5.56 Å². The van der Waals surface area contributed by atoms with Crippen molar-refractivity contribution < 1.29 is 0 Å². The van der Waals surface area contributed by atoms with E-state index in [2.05, 4.69) is 60.4 Å². The summed E-state index contributed by atoms with van der Waals surface area (Å²) >= 11 is 0. The Kier molecular flexibility index (Phi) is 3.68. The molecule has 0 spiro atoms. The Labute approximate surface area is 147 Å². The van der Waals surface area contributed by atoms with Crippen molar-refractivity contribution in [3.8, 4) is 11.1 Å². The summed E-state index contributed by atoms with van der Waals surface area (Å²) in [6, 6.07) is 18.9. The van der Waals surface area contributed by atoms with Crippen LogP contribution in [0.5, 0.6) is 0 Å². The summed E-state index contributed by atoms with van der Waals surface area (Å²) in [6.07, 6.45) is 1.02. The standard InChI is InChI=1S/C21H21N3O/c1-13-4-3-5-16(10-13)14-6-8-15(9-7-14)17-11-18(17)19-12-20(25)24(2)21(22)23-19/h3-10,12,17-18H,11H2,1-2H3,(H2,22,23)/t17-,18-/m0/s1. The molecule has 0 aliphatic heterocycles. The fourth-order valence-corrected chi connectivity index (χ4v) is 3.40. The van der Waals surface area contributed by atoms with Crippen LogP contribution in [0.2, 0.25) is 0 Å². The van der Waals surface area contributed by atoms with Gasteiger partial charge in [0.1, 0.15) is 0 Å². The molecule has 0 bridgehead atoms. The Bertz CT molecular complexity index is 989. The van der Waals surface area contributed by atoms with Crippen molar-refractivity contribution >= 4 is 5.95 Å². The SMILES string of the molecule is Cc1cccc(-c2ccc([C@@H]3C[C@@H]3c3cc(=O)n(C)c(N)n3)cc2)c1. The topological polar surface area (TPSA) is 60.9 Å². The molecule has 1 aliphatic rings. The lowest BCUT2D eigenvalue weighted by atomic mass is 10.00. The van der Waals surface area contributed by atoms with Gasteiger partial charge < -0.3 is 5.73 Å². The number of nitrogens with zero attached hydrogens (tertiary/aromatic N) is 2. The van der Waals surface area contributed by atoms with E-state index in [1.165, 1.54) is 26.8 Å². The predicted octanol–water partition coefficient (Wildman–Crippen LogP) is 3.61. The van der Waals surface area contributed by atoms with Crippen LogP contribution in [-0.2, 0) is 7.05 Å². The number of nitrogens with two attached hydrogens (primary N) is 1. The number of hydrogen-bond acceptors (Lipinski definition) is 3. The lowest BCUT2D eigenvalue weighted by molar-refractivity contribution is 0.813. The Morgan fingerprint density at radius 2 is 1.80 bits per heavy atom. The molecule has 1 fully saturated rings. The van der Waals surface area contributed by atoms with Gasteiger partial charge in [-0.3, -0.25) is 9.36 Å². The normalized spacial score (nSPS) is 19.0. The molecule has 0 saturated heterocycles. The molecular weight excluding hydrogens is 310 g/mol. The predicted molar refractivity (Wildman–Crippen MR) is 101 cm³/mol. The molecule has 0 unspecified atom stereocenters. The van der Waals surface area contributed by atoms with E-state index in [0.717, 1.165) is 12.1 Å². The number of aryl methyl sites for hydroxylation is 1. The zero-order chi connectivity index (χ0) is 17.6. The lowest BCUT2D eigenvalue weighted by Gasteiger charge is -2.07. The van der Waals surface area contributed by atoms with Crippen molar-refractivity contribution in [3.63, 3.8) is 0 Å². The molecule has 25 heavy (non-hydrogen) atoms. The van der Waals surface area contributed by atoms with Crippen LogP contribution in [0.25, 0.3) is 11.1 Å². The van der Waals surface area contributed by atoms with Crippen molar-refractivity contribution in [1.29, 1.82) is 0 Å².